The van der Waals surface area contributed by atoms with Crippen LogP contribution in [0.25, 0.3) is 0 Å². The van der Waals surface area contributed by atoms with Crippen LogP contribution in [0.3, 0.4) is 0 Å². The highest BCUT2D eigenvalue weighted by molar-refractivity contribution is 14.1. The van der Waals surface area contributed by atoms with E-state index in [0.717, 1.165) is 11.1 Å². The van der Waals surface area contributed by atoms with Gasteiger partial charge in [0, 0.05) is 38.0 Å². The van der Waals surface area contributed by atoms with Crippen LogP contribution >= 0.6 is 22.6 Å². The molecule has 278 valence electrons. The van der Waals surface area contributed by atoms with Crippen LogP contribution in [-0.4, -0.2) is 110 Å². The molecular weight excluding hydrogens is 761 g/mol. The zero-order valence-corrected chi connectivity index (χ0v) is 32.4. The Bertz CT molecular complexity index is 1410. The number of terminal acetylenes is 1. The average Bonchev–Trinajstić information content (AvgIpc) is 3.08. The molecule has 13 atom stereocenters. The largest absolute Gasteiger partial charge is 0.455 e. The van der Waals surface area contributed by atoms with E-state index in [1.807, 2.05) is 43.1 Å². The van der Waals surface area contributed by atoms with Gasteiger partial charge in [-0.15, -0.1) is 6.42 Å². The van der Waals surface area contributed by atoms with Crippen molar-refractivity contribution in [1.82, 2.24) is 4.90 Å². The first kappa shape index (κ1) is 42.0. The van der Waals surface area contributed by atoms with Crippen molar-refractivity contribution in [3.8, 4) is 12.3 Å². The monoisotopic (exact) mass is 813 g/mol. The molecule has 2 heterocycles. The van der Waals surface area contributed by atoms with Crippen molar-refractivity contribution in [2.45, 2.75) is 120 Å². The van der Waals surface area contributed by atoms with E-state index < -0.39 is 81.5 Å². The summed E-state index contributed by atoms with van der Waals surface area (Å²) < 4.78 is 29.1. The number of hydrogen-bond acceptors (Lipinski definition) is 12. The maximum Gasteiger partial charge on any atom is 0.312 e. The molecule has 50 heavy (non-hydrogen) atoms. The number of carbonyl (C=O) groups excluding carboxylic acids is 3. The molecule has 2 aliphatic rings. The van der Waals surface area contributed by atoms with Gasteiger partial charge in [0.25, 0.3) is 0 Å². The molecule has 0 bridgehead atoms. The highest BCUT2D eigenvalue weighted by atomic mass is 127. The van der Waals surface area contributed by atoms with E-state index in [1.165, 1.54) is 47.0 Å². The molecule has 1 saturated heterocycles. The van der Waals surface area contributed by atoms with Gasteiger partial charge in [0.1, 0.15) is 11.2 Å². The standard InChI is InChI=1S/C37H52INO11/c1-11-25-12-14-26(15-13-25)19-39(9)27-18-20(2)47-34(30(27)48-24(6)40)49-32-22(4)29(42)23(5)33(44)50-35(38)37(8,45)31(43)21(3)28(41)16-17-36(32,7)46-10/h1,12-17,20-23,27,29-32,34-35,42-43,45H,18-19H2,2-10H3/b17-16+/t20-,21+,22+,23-,27+,29+,30+,31-,32-,34+,35+,36-,37+/m1/s1. The first-order valence-corrected chi connectivity index (χ1v) is 18.0. The topological polar surface area (TPSA) is 161 Å². The number of nitrogens with zero attached hydrogens (tertiary/aromatic N) is 1. The number of esters is 2. The third kappa shape index (κ3) is 9.71. The van der Waals surface area contributed by atoms with Crippen LogP contribution in [-0.2, 0) is 44.6 Å². The number of hydrogen-bond donors (Lipinski definition) is 3. The number of ketones is 1. The Morgan fingerprint density at radius 3 is 2.30 bits per heavy atom. The number of aliphatic hydroxyl groups is 3. The van der Waals surface area contributed by atoms with Crippen LogP contribution in [0.5, 0.6) is 0 Å². The molecule has 1 aromatic carbocycles. The summed E-state index contributed by atoms with van der Waals surface area (Å²) in [4.78, 5) is 41.2. The molecule has 0 amide bonds. The van der Waals surface area contributed by atoms with Crippen LogP contribution in [0.4, 0.5) is 0 Å². The lowest BCUT2D eigenvalue weighted by Gasteiger charge is -2.47. The zero-order chi connectivity index (χ0) is 37.7. The number of rotatable bonds is 7. The third-order valence-corrected chi connectivity index (χ3v) is 11.5. The fraction of sp³-hybridized carbons (Fsp3) is 0.649. The Hall–Kier alpha value is -2.42. The molecule has 0 spiro atoms. The molecule has 2 aliphatic heterocycles. The SMILES string of the molecule is C#Cc1ccc(CN(C)[C@H]2C[C@@H](C)O[C@@H](O[C@@H]3[C@@H](C)[C@H](O)[C@@H](C)C(=O)O[C@H](I)[C@@](C)(O)[C@H](O)[C@@H](C)C(=O)/C=C/[C@@]3(C)OC)[C@H]2OC(C)=O)cc1. The smallest absolute Gasteiger partial charge is 0.312 e. The lowest BCUT2D eigenvalue weighted by molar-refractivity contribution is -0.298. The fourth-order valence-electron chi connectivity index (χ4n) is 6.50. The fourth-order valence-corrected chi connectivity index (χ4v) is 7.12. The maximum absolute atomic E-state index is 13.4. The van der Waals surface area contributed by atoms with Gasteiger partial charge in [-0.2, -0.15) is 0 Å². The van der Waals surface area contributed by atoms with Gasteiger partial charge < -0.3 is 39.0 Å². The second-order valence-corrected chi connectivity index (χ2v) is 15.1. The zero-order valence-electron chi connectivity index (χ0n) is 30.2. The second kappa shape index (κ2) is 17.4. The first-order valence-electron chi connectivity index (χ1n) is 16.7. The molecule has 0 unspecified atom stereocenters. The summed E-state index contributed by atoms with van der Waals surface area (Å²) in [6.45, 7) is 11.2. The number of aliphatic hydroxyl groups excluding tert-OH is 2. The number of allylic oxidation sites excluding steroid dienone is 1. The van der Waals surface area contributed by atoms with Crippen molar-refractivity contribution in [3.63, 3.8) is 0 Å². The number of alkyl halides is 1. The molecule has 1 aromatic rings. The summed E-state index contributed by atoms with van der Waals surface area (Å²) in [5.41, 5.74) is -1.68. The van der Waals surface area contributed by atoms with Gasteiger partial charge in [0.05, 0.1) is 36.4 Å². The van der Waals surface area contributed by atoms with Gasteiger partial charge in [0.15, 0.2) is 22.3 Å². The summed E-state index contributed by atoms with van der Waals surface area (Å²) in [5.74, 6) is -2.40. The van der Waals surface area contributed by atoms with Crippen molar-refractivity contribution < 1.29 is 53.4 Å². The van der Waals surface area contributed by atoms with Crippen LogP contribution < -0.4 is 0 Å². The van der Waals surface area contributed by atoms with Gasteiger partial charge >= 0.3 is 11.9 Å². The van der Waals surface area contributed by atoms with E-state index in [-0.39, 0.29) is 12.1 Å². The Labute approximate surface area is 308 Å². The predicted molar refractivity (Wildman–Crippen MR) is 193 cm³/mol. The Morgan fingerprint density at radius 1 is 1.12 bits per heavy atom. The van der Waals surface area contributed by atoms with E-state index in [4.69, 9.17) is 30.1 Å². The Kier molecular flexibility index (Phi) is 14.6. The summed E-state index contributed by atoms with van der Waals surface area (Å²) in [6.07, 6.45) is 2.20. The molecule has 1 fully saturated rings. The van der Waals surface area contributed by atoms with Crippen LogP contribution in [0.15, 0.2) is 36.4 Å². The molecule has 0 saturated carbocycles. The van der Waals surface area contributed by atoms with Crippen molar-refractivity contribution in [3.05, 3.63) is 47.5 Å². The Balaban J connectivity index is 2.08. The molecule has 0 radical (unpaired) electrons. The molecule has 3 N–H and O–H groups in total. The number of carbonyl (C=O) groups is 3. The van der Waals surface area contributed by atoms with Crippen molar-refractivity contribution in [2.24, 2.45) is 17.8 Å². The highest BCUT2D eigenvalue weighted by Gasteiger charge is 2.50. The minimum Gasteiger partial charge on any atom is -0.455 e. The van der Waals surface area contributed by atoms with E-state index in [1.54, 1.807) is 36.4 Å². The number of halogens is 1. The predicted octanol–water partition coefficient (Wildman–Crippen LogP) is 3.15. The Morgan fingerprint density at radius 2 is 1.74 bits per heavy atom. The van der Waals surface area contributed by atoms with Crippen molar-refractivity contribution in [2.75, 3.05) is 14.2 Å². The van der Waals surface area contributed by atoms with Gasteiger partial charge in [-0.25, -0.2) is 0 Å². The van der Waals surface area contributed by atoms with Gasteiger partial charge in [0.2, 0.25) is 0 Å². The highest BCUT2D eigenvalue weighted by Crippen LogP contribution is 2.37. The van der Waals surface area contributed by atoms with E-state index in [0.29, 0.717) is 13.0 Å². The first-order chi connectivity index (χ1) is 23.3. The minimum absolute atomic E-state index is 0.350. The van der Waals surface area contributed by atoms with Gasteiger partial charge in [-0.1, -0.05) is 31.9 Å². The van der Waals surface area contributed by atoms with E-state index >= 15 is 0 Å². The lowest BCUT2D eigenvalue weighted by atomic mass is 9.80. The average molecular weight is 814 g/mol. The number of cyclic esters (lactones) is 1. The molecular formula is C37H52INO11. The van der Waals surface area contributed by atoms with Crippen molar-refractivity contribution >= 4 is 40.3 Å². The van der Waals surface area contributed by atoms with E-state index in [2.05, 4.69) is 5.92 Å². The van der Waals surface area contributed by atoms with Crippen LogP contribution in [0.2, 0.25) is 0 Å². The quantitative estimate of drug-likeness (QED) is 0.160. The van der Waals surface area contributed by atoms with Crippen LogP contribution in [0.1, 0.15) is 66.0 Å². The number of ether oxygens (including phenoxy) is 5. The normalized spacial score (nSPS) is 39.6. The molecule has 3 rings (SSSR count). The summed E-state index contributed by atoms with van der Waals surface area (Å²) >= 11 is 1.69. The molecule has 0 aromatic heterocycles. The number of likely N-dealkylation sites (N-methyl/N-ethyl adjacent to an activating group) is 1. The second-order valence-electron chi connectivity index (χ2n) is 14.0. The molecule has 13 heteroatoms. The summed E-state index contributed by atoms with van der Waals surface area (Å²) in [6, 6.07) is 7.22. The number of methoxy groups -OCH3 is 1. The van der Waals surface area contributed by atoms with Crippen LogP contribution in [0, 0.1) is 30.1 Å². The van der Waals surface area contributed by atoms with Crippen molar-refractivity contribution in [1.29, 1.82) is 0 Å². The minimum atomic E-state index is -1.99. The number of benzene rings is 1. The summed E-state index contributed by atoms with van der Waals surface area (Å²) in [7, 11) is 3.32. The lowest BCUT2D eigenvalue weighted by Crippen LogP contribution is -2.60. The third-order valence-electron chi connectivity index (χ3n) is 9.97. The maximum atomic E-state index is 13.4. The van der Waals surface area contributed by atoms with Gasteiger partial charge in [-0.05, 0) is 93.6 Å². The summed E-state index contributed by atoms with van der Waals surface area (Å²) in [5, 5.41) is 33.7. The van der Waals surface area contributed by atoms with Gasteiger partial charge in [-0.3, -0.25) is 19.3 Å². The van der Waals surface area contributed by atoms with E-state index in [9.17, 15) is 29.7 Å². The molecule has 0 aliphatic carbocycles. The molecule has 12 nitrogen and oxygen atoms in total.